The van der Waals surface area contributed by atoms with Gasteiger partial charge in [-0.2, -0.15) is 0 Å². The van der Waals surface area contributed by atoms with Crippen LogP contribution >= 0.6 is 11.6 Å². The zero-order valence-corrected chi connectivity index (χ0v) is 43.8. The van der Waals surface area contributed by atoms with Crippen LogP contribution in [0, 0.1) is 11.8 Å². The van der Waals surface area contributed by atoms with Gasteiger partial charge in [0.2, 0.25) is 6.73 Å². The number of likely N-dealkylation sites (N-methyl/N-ethyl adjacent to an activating group) is 2. The maximum atomic E-state index is 12.4. The third-order valence-electron chi connectivity index (χ3n) is 16.1. The van der Waals surface area contributed by atoms with Crippen molar-refractivity contribution in [1.82, 2.24) is 4.90 Å². The number of phenolic OH excluding ortho intramolecular Hbond substituents is 2. The van der Waals surface area contributed by atoms with Crippen LogP contribution in [0.2, 0.25) is 0 Å². The summed E-state index contributed by atoms with van der Waals surface area (Å²) in [5.41, 5.74) is 6.25. The first-order valence-corrected chi connectivity index (χ1v) is 26.5. The summed E-state index contributed by atoms with van der Waals surface area (Å²) in [6.07, 6.45) is 14.9. The van der Waals surface area contributed by atoms with Crippen molar-refractivity contribution in [3.05, 3.63) is 58.7 Å². The number of alkyl halides is 1. The molecule has 6 aliphatic rings. The first-order valence-electron chi connectivity index (χ1n) is 26.0. The van der Waals surface area contributed by atoms with E-state index in [1.54, 1.807) is 14.2 Å². The minimum absolute atomic E-state index is 0.0617. The number of methoxy groups -OCH3 is 2. The summed E-state index contributed by atoms with van der Waals surface area (Å²) in [7, 11) is 7.80. The zero-order valence-electron chi connectivity index (χ0n) is 43.1. The van der Waals surface area contributed by atoms with E-state index in [0.717, 1.165) is 35.8 Å². The normalized spacial score (nSPS) is 27.0. The van der Waals surface area contributed by atoms with Crippen LogP contribution in [0.4, 0.5) is 0 Å². The molecule has 2 saturated heterocycles. The summed E-state index contributed by atoms with van der Waals surface area (Å²) in [6.45, 7) is 8.14. The molecule has 0 radical (unpaired) electrons. The van der Waals surface area contributed by atoms with E-state index in [0.29, 0.717) is 115 Å². The van der Waals surface area contributed by atoms with Crippen LogP contribution in [0.5, 0.6) is 11.5 Å². The molecule has 0 spiro atoms. The van der Waals surface area contributed by atoms with Crippen molar-refractivity contribution in [2.75, 3.05) is 147 Å². The molecule has 2 aromatic rings. The number of quaternary nitrogens is 1. The standard InChI is InChI=1S/C27H41NO7.C17H23NO.C10H19ClO6/c1-28(20-35-26(30)19-34-16-15-33-14-13-32-12-11-31-2)10-9-27-8-4-3-5-23(27)25(28)17-21-6-7-22(29)18-24(21)27;1-18-9-8-17-7-3-2-4-14(17)16(18)10-12-5-6-13(19)11-15(12)17;1-13-2-3-14-4-5-15-6-7-16-8-10(12)17-9-11/h6-7,18,23,25H,3-5,8-17,19-20H2,1-2H3;5-6,11,14,16,19H,2-4,7-10H2,1H3;2-9H2,1H3/p+1/t23-,25+,27+,28?;14-,16-,17-;/m10./s1. The Bertz CT molecular complexity index is 1930. The highest BCUT2D eigenvalue weighted by Crippen LogP contribution is 2.58. The van der Waals surface area contributed by atoms with Gasteiger partial charge in [0.1, 0.15) is 24.7 Å². The summed E-state index contributed by atoms with van der Waals surface area (Å²) < 4.78 is 52.2. The number of rotatable bonds is 25. The second-order valence-electron chi connectivity index (χ2n) is 20.2. The predicted octanol–water partition coefficient (Wildman–Crippen LogP) is 6.29. The Morgan fingerprint density at radius 3 is 1.65 bits per heavy atom. The fraction of sp³-hybridized carbons (Fsp3) is 0.741. The predicted molar refractivity (Wildman–Crippen MR) is 268 cm³/mol. The average molecular weight is 1020 g/mol. The third kappa shape index (κ3) is 15.5. The molecular weight excluding hydrogens is 936 g/mol. The van der Waals surface area contributed by atoms with E-state index in [1.165, 1.54) is 93.0 Å². The number of phenols is 2. The van der Waals surface area contributed by atoms with E-state index >= 15 is 0 Å². The molecule has 400 valence electrons. The number of ether oxygens (including phenoxy) is 10. The summed E-state index contributed by atoms with van der Waals surface area (Å²) in [6, 6.07) is 13.1. The van der Waals surface area contributed by atoms with Gasteiger partial charge >= 0.3 is 11.9 Å². The van der Waals surface area contributed by atoms with E-state index in [-0.39, 0.29) is 30.7 Å². The fourth-order valence-electron chi connectivity index (χ4n) is 12.6. The van der Waals surface area contributed by atoms with Gasteiger partial charge < -0.3 is 62.5 Å². The molecule has 8 rings (SSSR count). The molecule has 4 fully saturated rings. The lowest BCUT2D eigenvalue weighted by Crippen LogP contribution is -2.69. The van der Waals surface area contributed by atoms with Crippen LogP contribution in [-0.4, -0.2) is 190 Å². The van der Waals surface area contributed by atoms with Gasteiger partial charge in [-0.3, -0.25) is 4.48 Å². The SMILES string of the molecule is CN1CC[C@@]23CCCC[C@H]2[C@@H]1Cc1ccc(O)cc13.COCCOCCOCCOCC(=O)OCCl.COCCOCCOCCOCC(=O)OC[N+]1(C)CC[C@@]23CCCC[C@@H]2[C@@H]1Cc1ccc(O)cc13. The lowest BCUT2D eigenvalue weighted by Gasteiger charge is -2.60. The molecule has 71 heavy (non-hydrogen) atoms. The zero-order chi connectivity index (χ0) is 50.5. The largest absolute Gasteiger partial charge is 0.508 e. The van der Waals surface area contributed by atoms with Gasteiger partial charge in [-0.25, -0.2) is 9.59 Å². The maximum absolute atomic E-state index is 12.4. The molecular formula is C54H84ClN2O14+. The number of nitrogens with zero attached hydrogens (tertiary/aromatic N) is 2. The highest BCUT2D eigenvalue weighted by molar-refractivity contribution is 6.17. The first kappa shape index (κ1) is 57.2. The van der Waals surface area contributed by atoms with Crippen molar-refractivity contribution in [1.29, 1.82) is 0 Å². The van der Waals surface area contributed by atoms with E-state index < -0.39 is 5.97 Å². The topological polar surface area (TPSA) is 170 Å². The summed E-state index contributed by atoms with van der Waals surface area (Å²) in [5.74, 6) is 1.40. The number of esters is 2. The molecule has 2 heterocycles. The van der Waals surface area contributed by atoms with Crippen LogP contribution in [0.1, 0.15) is 86.5 Å². The number of carbonyl (C=O) groups excluding carboxylic acids is 2. The quantitative estimate of drug-likeness (QED) is 0.0492. The number of carbonyl (C=O) groups is 2. The number of piperidine rings is 2. The number of fused-ring (bicyclic) bond motifs is 2. The van der Waals surface area contributed by atoms with Gasteiger partial charge in [0.05, 0.1) is 98.9 Å². The maximum Gasteiger partial charge on any atom is 0.336 e. The fourth-order valence-corrected chi connectivity index (χ4v) is 12.8. The third-order valence-corrected chi connectivity index (χ3v) is 16.2. The Labute approximate surface area is 427 Å². The van der Waals surface area contributed by atoms with Crippen LogP contribution in [0.3, 0.4) is 0 Å². The van der Waals surface area contributed by atoms with Crippen molar-refractivity contribution < 1.29 is 71.7 Å². The molecule has 4 aliphatic carbocycles. The molecule has 1 unspecified atom stereocenters. The molecule has 7 atom stereocenters. The Kier molecular flexibility index (Phi) is 23.4. The van der Waals surface area contributed by atoms with E-state index in [9.17, 15) is 19.8 Å². The van der Waals surface area contributed by atoms with E-state index in [1.807, 2.05) is 18.2 Å². The van der Waals surface area contributed by atoms with Crippen LogP contribution in [0.25, 0.3) is 0 Å². The summed E-state index contributed by atoms with van der Waals surface area (Å²) >= 11 is 5.18. The van der Waals surface area contributed by atoms with Crippen LogP contribution in [-0.2, 0) is 80.6 Å². The molecule has 2 N–H and O–H groups in total. The number of aromatic hydroxyl groups is 2. The average Bonchev–Trinajstić information content (AvgIpc) is 3.37. The molecule has 16 nitrogen and oxygen atoms in total. The van der Waals surface area contributed by atoms with Crippen molar-refractivity contribution in [3.8, 4) is 11.5 Å². The van der Waals surface area contributed by atoms with Gasteiger partial charge in [-0.15, -0.1) is 0 Å². The second kappa shape index (κ2) is 29.1. The Morgan fingerprint density at radius 1 is 0.634 bits per heavy atom. The van der Waals surface area contributed by atoms with Gasteiger partial charge in [0.25, 0.3) is 0 Å². The molecule has 0 amide bonds. The van der Waals surface area contributed by atoms with E-state index in [2.05, 4.69) is 41.9 Å². The molecule has 2 aromatic carbocycles. The smallest absolute Gasteiger partial charge is 0.336 e. The summed E-state index contributed by atoms with van der Waals surface area (Å²) in [4.78, 5) is 25.8. The molecule has 17 heteroatoms. The lowest BCUT2D eigenvalue weighted by molar-refractivity contribution is -0.959. The van der Waals surface area contributed by atoms with Crippen molar-refractivity contribution in [2.24, 2.45) is 11.8 Å². The number of hydrogen-bond donors (Lipinski definition) is 2. The highest BCUT2D eigenvalue weighted by Gasteiger charge is 2.59. The molecule has 4 bridgehead atoms. The molecule has 0 aromatic heterocycles. The number of likely N-dealkylation sites (tertiary alicyclic amines) is 2. The Hall–Kier alpha value is -3.13. The van der Waals surface area contributed by atoms with Crippen LogP contribution < -0.4 is 0 Å². The van der Waals surface area contributed by atoms with Crippen molar-refractivity contribution in [3.63, 3.8) is 0 Å². The lowest BCUT2D eigenvalue weighted by atomic mass is 9.52. The second-order valence-corrected chi connectivity index (χ2v) is 20.5. The van der Waals surface area contributed by atoms with Crippen LogP contribution in [0.15, 0.2) is 36.4 Å². The van der Waals surface area contributed by atoms with Gasteiger partial charge in [0.15, 0.2) is 6.07 Å². The first-order chi connectivity index (χ1) is 34.5. The van der Waals surface area contributed by atoms with Gasteiger partial charge in [-0.1, -0.05) is 49.4 Å². The number of benzene rings is 2. The number of halogens is 1. The van der Waals surface area contributed by atoms with Gasteiger partial charge in [0, 0.05) is 49.9 Å². The van der Waals surface area contributed by atoms with Gasteiger partial charge in [-0.05, 0) is 105 Å². The Balaban J connectivity index is 0.000000193. The van der Waals surface area contributed by atoms with Crippen molar-refractivity contribution >= 4 is 23.5 Å². The monoisotopic (exact) mass is 1020 g/mol. The Morgan fingerprint density at radius 2 is 1.11 bits per heavy atom. The number of hydrogen-bond acceptors (Lipinski definition) is 15. The molecule has 2 aliphatic heterocycles. The minimum atomic E-state index is -0.483. The van der Waals surface area contributed by atoms with E-state index in [4.69, 9.17) is 54.2 Å². The minimum Gasteiger partial charge on any atom is -0.508 e. The van der Waals surface area contributed by atoms with Crippen molar-refractivity contribution in [2.45, 2.75) is 100.0 Å². The summed E-state index contributed by atoms with van der Waals surface area (Å²) in [5, 5.41) is 20.1. The highest BCUT2D eigenvalue weighted by atomic mass is 35.5. The molecule has 2 saturated carbocycles.